The molecule has 0 aromatic carbocycles. The zero-order chi connectivity index (χ0) is 16.8. The zero-order valence-electron chi connectivity index (χ0n) is 13.9. The summed E-state index contributed by atoms with van der Waals surface area (Å²) in [5, 5.41) is 11.3. The molecule has 1 aliphatic carbocycles. The number of hydrogen-bond acceptors (Lipinski definition) is 6. The van der Waals surface area contributed by atoms with Gasteiger partial charge >= 0.3 is 5.97 Å². The Morgan fingerprint density at radius 1 is 1.38 bits per heavy atom. The average Bonchev–Trinajstić information content (AvgIpc) is 3.27. The third-order valence-corrected chi connectivity index (χ3v) is 6.10. The average molecular weight is 366 g/mol. The first-order valence-electron chi connectivity index (χ1n) is 8.53. The van der Waals surface area contributed by atoms with Crippen LogP contribution in [0.4, 0.5) is 0 Å². The molecule has 0 radical (unpaired) electrons. The molecule has 0 unspecified atom stereocenters. The third-order valence-electron chi connectivity index (χ3n) is 4.30. The van der Waals surface area contributed by atoms with E-state index in [-0.39, 0.29) is 11.7 Å². The van der Waals surface area contributed by atoms with E-state index in [9.17, 15) is 4.79 Å². The molecule has 0 atom stereocenters. The van der Waals surface area contributed by atoms with Crippen molar-refractivity contribution >= 4 is 29.1 Å². The molecule has 0 bridgehead atoms. The maximum atomic E-state index is 12.0. The van der Waals surface area contributed by atoms with E-state index in [0.717, 1.165) is 22.4 Å². The molecule has 1 fully saturated rings. The first-order valence-corrected chi connectivity index (χ1v) is 10.4. The van der Waals surface area contributed by atoms with Gasteiger partial charge in [-0.1, -0.05) is 37.1 Å². The van der Waals surface area contributed by atoms with Gasteiger partial charge in [-0.3, -0.25) is 4.79 Å². The minimum atomic E-state index is -0.158. The van der Waals surface area contributed by atoms with E-state index in [1.54, 1.807) is 11.3 Å². The predicted molar refractivity (Wildman–Crippen MR) is 97.3 cm³/mol. The summed E-state index contributed by atoms with van der Waals surface area (Å²) in [7, 11) is 0. The summed E-state index contributed by atoms with van der Waals surface area (Å²) < 4.78 is 7.49. The number of thiophene rings is 1. The Balaban J connectivity index is 1.51. The Bertz CT molecular complexity index is 649. The zero-order valence-corrected chi connectivity index (χ0v) is 15.6. The molecule has 2 heterocycles. The number of nitrogens with zero attached hydrogens (tertiary/aromatic N) is 3. The first-order chi connectivity index (χ1) is 11.8. The quantitative estimate of drug-likeness (QED) is 0.542. The molecule has 0 aliphatic heterocycles. The lowest BCUT2D eigenvalue weighted by molar-refractivity contribution is -0.142. The summed E-state index contributed by atoms with van der Waals surface area (Å²) in [4.78, 5) is 13.1. The van der Waals surface area contributed by atoms with Gasteiger partial charge in [0.05, 0.1) is 17.2 Å². The summed E-state index contributed by atoms with van der Waals surface area (Å²) in [5.41, 5.74) is 0. The SMILES string of the molecule is CCn1c(SCC(=O)OCC2CCCCC2)nnc1-c1cccs1. The van der Waals surface area contributed by atoms with Crippen molar-refractivity contribution in [1.29, 1.82) is 0 Å². The molecule has 0 saturated heterocycles. The van der Waals surface area contributed by atoms with E-state index in [1.807, 2.05) is 22.1 Å². The molecule has 0 amide bonds. The maximum absolute atomic E-state index is 12.0. The molecule has 1 aliphatic rings. The number of ether oxygens (including phenoxy) is 1. The minimum Gasteiger partial charge on any atom is -0.465 e. The van der Waals surface area contributed by atoms with Crippen molar-refractivity contribution in [2.75, 3.05) is 12.4 Å². The van der Waals surface area contributed by atoms with E-state index in [0.29, 0.717) is 12.5 Å². The smallest absolute Gasteiger partial charge is 0.316 e. The standard InChI is InChI=1S/C17H23N3O2S2/c1-2-20-16(14-9-6-10-23-14)18-19-17(20)24-12-15(21)22-11-13-7-4-3-5-8-13/h6,9-10,13H,2-5,7-8,11-12H2,1H3. The van der Waals surface area contributed by atoms with Crippen molar-refractivity contribution in [2.24, 2.45) is 5.92 Å². The van der Waals surface area contributed by atoms with Crippen LogP contribution in [0.2, 0.25) is 0 Å². The number of hydrogen-bond donors (Lipinski definition) is 0. The Morgan fingerprint density at radius 3 is 2.92 bits per heavy atom. The second-order valence-electron chi connectivity index (χ2n) is 6.00. The van der Waals surface area contributed by atoms with Crippen LogP contribution in [0.15, 0.2) is 22.7 Å². The highest BCUT2D eigenvalue weighted by Gasteiger charge is 2.18. The number of esters is 1. The summed E-state index contributed by atoms with van der Waals surface area (Å²) in [6.07, 6.45) is 6.23. The van der Waals surface area contributed by atoms with Crippen LogP contribution in [-0.4, -0.2) is 33.1 Å². The number of thioether (sulfide) groups is 1. The predicted octanol–water partition coefficient (Wildman–Crippen LogP) is 4.24. The van der Waals surface area contributed by atoms with Gasteiger partial charge in [0.1, 0.15) is 0 Å². The monoisotopic (exact) mass is 365 g/mol. The summed E-state index contributed by atoms with van der Waals surface area (Å²) >= 11 is 3.05. The van der Waals surface area contributed by atoms with E-state index < -0.39 is 0 Å². The van der Waals surface area contributed by atoms with Gasteiger partial charge in [-0.2, -0.15) is 0 Å². The van der Waals surface area contributed by atoms with Crippen LogP contribution >= 0.6 is 23.1 Å². The van der Waals surface area contributed by atoms with Crippen LogP contribution in [0.5, 0.6) is 0 Å². The van der Waals surface area contributed by atoms with Gasteiger partial charge in [0.15, 0.2) is 11.0 Å². The normalized spacial score (nSPS) is 15.5. The Hall–Kier alpha value is -1.34. The Labute approximate surface area is 150 Å². The fourth-order valence-corrected chi connectivity index (χ4v) is 4.52. The highest BCUT2D eigenvalue weighted by atomic mass is 32.2. The van der Waals surface area contributed by atoms with E-state index in [2.05, 4.69) is 17.1 Å². The molecule has 1 saturated carbocycles. The van der Waals surface area contributed by atoms with Crippen LogP contribution in [0, 0.1) is 5.92 Å². The van der Waals surface area contributed by atoms with Gasteiger partial charge in [-0.05, 0) is 37.1 Å². The number of aromatic nitrogens is 3. The third kappa shape index (κ3) is 4.39. The lowest BCUT2D eigenvalue weighted by atomic mass is 9.90. The van der Waals surface area contributed by atoms with Crippen LogP contribution in [-0.2, 0) is 16.1 Å². The lowest BCUT2D eigenvalue weighted by Crippen LogP contribution is -2.18. The van der Waals surface area contributed by atoms with E-state index >= 15 is 0 Å². The van der Waals surface area contributed by atoms with Crippen LogP contribution in [0.3, 0.4) is 0 Å². The van der Waals surface area contributed by atoms with Gasteiger partial charge in [0, 0.05) is 6.54 Å². The van der Waals surface area contributed by atoms with Gasteiger partial charge < -0.3 is 9.30 Å². The van der Waals surface area contributed by atoms with Gasteiger partial charge in [0.25, 0.3) is 0 Å². The number of carbonyl (C=O) groups excluding carboxylic acids is 1. The molecule has 24 heavy (non-hydrogen) atoms. The van der Waals surface area contributed by atoms with Crippen molar-refractivity contribution in [3.63, 3.8) is 0 Å². The fourth-order valence-electron chi connectivity index (χ4n) is 3.00. The van der Waals surface area contributed by atoms with Crippen molar-refractivity contribution in [3.05, 3.63) is 17.5 Å². The van der Waals surface area contributed by atoms with Gasteiger partial charge in [-0.25, -0.2) is 0 Å². The topological polar surface area (TPSA) is 57.0 Å². The minimum absolute atomic E-state index is 0.158. The fraction of sp³-hybridized carbons (Fsp3) is 0.588. The molecule has 3 rings (SSSR count). The summed E-state index contributed by atoms with van der Waals surface area (Å²) in [6, 6.07) is 4.04. The first kappa shape index (κ1) is 17.5. The summed E-state index contributed by atoms with van der Waals surface area (Å²) in [5.74, 6) is 1.55. The molecular weight excluding hydrogens is 342 g/mol. The van der Waals surface area contributed by atoms with Crippen LogP contribution in [0.1, 0.15) is 39.0 Å². The van der Waals surface area contributed by atoms with Gasteiger partial charge in [0.2, 0.25) is 0 Å². The second kappa shape index (κ2) is 8.67. The van der Waals surface area contributed by atoms with Crippen molar-refractivity contribution in [2.45, 2.75) is 50.7 Å². The number of carbonyl (C=O) groups is 1. The lowest BCUT2D eigenvalue weighted by Gasteiger charge is -2.20. The molecule has 0 spiro atoms. The largest absolute Gasteiger partial charge is 0.465 e. The Morgan fingerprint density at radius 2 is 2.21 bits per heavy atom. The molecule has 130 valence electrons. The highest BCUT2D eigenvalue weighted by molar-refractivity contribution is 7.99. The highest BCUT2D eigenvalue weighted by Crippen LogP contribution is 2.27. The van der Waals surface area contributed by atoms with Crippen LogP contribution in [0.25, 0.3) is 10.7 Å². The summed E-state index contributed by atoms with van der Waals surface area (Å²) in [6.45, 7) is 3.41. The molecule has 2 aromatic heterocycles. The van der Waals surface area contributed by atoms with Crippen LogP contribution < -0.4 is 0 Å². The Kier molecular flexibility index (Phi) is 6.31. The van der Waals surface area contributed by atoms with Crippen molar-refractivity contribution in [3.8, 4) is 10.7 Å². The second-order valence-corrected chi connectivity index (χ2v) is 7.89. The van der Waals surface area contributed by atoms with Crippen molar-refractivity contribution in [1.82, 2.24) is 14.8 Å². The molecule has 5 nitrogen and oxygen atoms in total. The molecule has 7 heteroatoms. The number of rotatable bonds is 7. The van der Waals surface area contributed by atoms with Gasteiger partial charge in [-0.15, -0.1) is 21.5 Å². The molecule has 0 N–H and O–H groups in total. The molecular formula is C17H23N3O2S2. The van der Waals surface area contributed by atoms with E-state index in [4.69, 9.17) is 4.74 Å². The molecule has 2 aromatic rings. The van der Waals surface area contributed by atoms with E-state index in [1.165, 1.54) is 43.9 Å². The van der Waals surface area contributed by atoms with Crippen molar-refractivity contribution < 1.29 is 9.53 Å². The maximum Gasteiger partial charge on any atom is 0.316 e.